The third kappa shape index (κ3) is 4.00. The van der Waals surface area contributed by atoms with Crippen LogP contribution in [0.3, 0.4) is 0 Å². The molecule has 1 aromatic heterocycles. The lowest BCUT2D eigenvalue weighted by atomic mass is 9.97. The Kier molecular flexibility index (Phi) is 4.84. The lowest BCUT2D eigenvalue weighted by molar-refractivity contribution is 0.242. The summed E-state index contributed by atoms with van der Waals surface area (Å²) in [6, 6.07) is 0. The molecule has 1 aliphatic heterocycles. The first-order chi connectivity index (χ1) is 9.29. The second-order valence-electron chi connectivity index (χ2n) is 5.97. The van der Waals surface area contributed by atoms with Crippen molar-refractivity contribution < 1.29 is 8.42 Å². The van der Waals surface area contributed by atoms with Gasteiger partial charge in [0.05, 0.1) is 11.8 Å². The number of hydrogen-bond donors (Lipinski definition) is 1. The van der Waals surface area contributed by atoms with Crippen LogP contribution >= 0.6 is 11.3 Å². The van der Waals surface area contributed by atoms with Crippen molar-refractivity contribution in [3.8, 4) is 0 Å². The summed E-state index contributed by atoms with van der Waals surface area (Å²) >= 11 is 1.64. The SMILES string of the molecule is CC(C)(NCC1CCCN(S(C)(=O)=O)C1)c1nccs1. The van der Waals surface area contributed by atoms with E-state index in [-0.39, 0.29) is 5.54 Å². The van der Waals surface area contributed by atoms with Crippen LogP contribution in [0.25, 0.3) is 0 Å². The van der Waals surface area contributed by atoms with E-state index in [1.165, 1.54) is 6.26 Å². The Labute approximate surface area is 125 Å². The summed E-state index contributed by atoms with van der Waals surface area (Å²) in [7, 11) is -3.06. The minimum absolute atomic E-state index is 0.165. The van der Waals surface area contributed by atoms with E-state index in [4.69, 9.17) is 0 Å². The zero-order chi connectivity index (χ0) is 14.8. The second kappa shape index (κ2) is 6.09. The minimum atomic E-state index is -3.06. The maximum atomic E-state index is 11.6. The topological polar surface area (TPSA) is 62.3 Å². The van der Waals surface area contributed by atoms with Crippen molar-refractivity contribution in [3.05, 3.63) is 16.6 Å². The molecule has 0 aliphatic carbocycles. The standard InChI is InChI=1S/C13H23N3O2S2/c1-13(2,12-14-6-8-19-12)15-9-11-5-4-7-16(10-11)20(3,17)18/h6,8,11,15H,4-5,7,9-10H2,1-3H3. The Bertz CT molecular complexity index is 526. The van der Waals surface area contributed by atoms with Gasteiger partial charge in [-0.3, -0.25) is 0 Å². The van der Waals surface area contributed by atoms with E-state index in [0.29, 0.717) is 19.0 Å². The van der Waals surface area contributed by atoms with Crippen molar-refractivity contribution in [1.29, 1.82) is 0 Å². The average molecular weight is 317 g/mol. The van der Waals surface area contributed by atoms with Gasteiger partial charge in [-0.05, 0) is 32.6 Å². The summed E-state index contributed by atoms with van der Waals surface area (Å²) in [4.78, 5) is 4.36. The van der Waals surface area contributed by atoms with Crippen LogP contribution in [0.15, 0.2) is 11.6 Å². The van der Waals surface area contributed by atoms with Gasteiger partial charge in [0.15, 0.2) is 0 Å². The smallest absolute Gasteiger partial charge is 0.211 e. The lowest BCUT2D eigenvalue weighted by Gasteiger charge is -2.33. The molecule has 5 nitrogen and oxygen atoms in total. The molecule has 0 aromatic carbocycles. The molecule has 1 saturated heterocycles. The number of nitrogens with one attached hydrogen (secondary N) is 1. The van der Waals surface area contributed by atoms with E-state index in [9.17, 15) is 8.42 Å². The quantitative estimate of drug-likeness (QED) is 0.897. The number of aromatic nitrogens is 1. The fourth-order valence-corrected chi connectivity index (χ4v) is 4.18. The van der Waals surface area contributed by atoms with Gasteiger partial charge >= 0.3 is 0 Å². The van der Waals surface area contributed by atoms with Crippen LogP contribution in [0.5, 0.6) is 0 Å². The largest absolute Gasteiger partial charge is 0.306 e. The first-order valence-electron chi connectivity index (χ1n) is 6.89. The highest BCUT2D eigenvalue weighted by atomic mass is 32.2. The van der Waals surface area contributed by atoms with E-state index < -0.39 is 10.0 Å². The molecular formula is C13H23N3O2S2. The number of hydrogen-bond acceptors (Lipinski definition) is 5. The van der Waals surface area contributed by atoms with E-state index in [2.05, 4.69) is 24.1 Å². The molecular weight excluding hydrogens is 294 g/mol. The molecule has 0 amide bonds. The molecule has 20 heavy (non-hydrogen) atoms. The Balaban J connectivity index is 1.91. The van der Waals surface area contributed by atoms with E-state index in [1.807, 2.05) is 11.6 Å². The third-order valence-electron chi connectivity index (χ3n) is 3.75. The van der Waals surface area contributed by atoms with Crippen LogP contribution in [-0.4, -0.2) is 43.6 Å². The van der Waals surface area contributed by atoms with Crippen molar-refractivity contribution in [1.82, 2.24) is 14.6 Å². The van der Waals surface area contributed by atoms with E-state index in [0.717, 1.165) is 24.4 Å². The van der Waals surface area contributed by atoms with Gasteiger partial charge in [0, 0.05) is 31.2 Å². The van der Waals surface area contributed by atoms with Gasteiger partial charge in [-0.25, -0.2) is 17.7 Å². The first kappa shape index (κ1) is 15.9. The lowest BCUT2D eigenvalue weighted by Crippen LogP contribution is -2.46. The van der Waals surface area contributed by atoms with Crippen LogP contribution in [0.4, 0.5) is 0 Å². The molecule has 0 spiro atoms. The summed E-state index contributed by atoms with van der Waals surface area (Å²) in [5, 5.41) is 6.57. The van der Waals surface area contributed by atoms with Gasteiger partial charge in [0.25, 0.3) is 0 Å². The van der Waals surface area contributed by atoms with Gasteiger partial charge in [-0.1, -0.05) is 0 Å². The molecule has 114 valence electrons. The van der Waals surface area contributed by atoms with Crippen LogP contribution in [0.1, 0.15) is 31.7 Å². The molecule has 0 radical (unpaired) electrons. The van der Waals surface area contributed by atoms with Gasteiger partial charge in [-0.15, -0.1) is 11.3 Å². The van der Waals surface area contributed by atoms with Gasteiger partial charge in [0.1, 0.15) is 5.01 Å². The number of nitrogens with zero attached hydrogens (tertiary/aromatic N) is 2. The summed E-state index contributed by atoms with van der Waals surface area (Å²) < 4.78 is 24.8. The second-order valence-corrected chi connectivity index (χ2v) is 8.85. The summed E-state index contributed by atoms with van der Waals surface area (Å²) in [5.74, 6) is 0.373. The monoisotopic (exact) mass is 317 g/mol. The van der Waals surface area contributed by atoms with Crippen molar-refractivity contribution in [2.24, 2.45) is 5.92 Å². The van der Waals surface area contributed by atoms with Crippen LogP contribution < -0.4 is 5.32 Å². The van der Waals surface area contributed by atoms with Crippen molar-refractivity contribution in [2.75, 3.05) is 25.9 Å². The third-order valence-corrected chi connectivity index (χ3v) is 6.12. The van der Waals surface area contributed by atoms with Crippen molar-refractivity contribution >= 4 is 21.4 Å². The Morgan fingerprint density at radius 3 is 2.90 bits per heavy atom. The highest BCUT2D eigenvalue weighted by Gasteiger charge is 2.28. The molecule has 7 heteroatoms. The van der Waals surface area contributed by atoms with E-state index in [1.54, 1.807) is 15.6 Å². The highest BCUT2D eigenvalue weighted by Crippen LogP contribution is 2.24. The Morgan fingerprint density at radius 2 is 2.30 bits per heavy atom. The summed E-state index contributed by atoms with van der Waals surface area (Å²) in [6.45, 7) is 6.33. The van der Waals surface area contributed by atoms with E-state index >= 15 is 0 Å². The summed E-state index contributed by atoms with van der Waals surface area (Å²) in [5.41, 5.74) is -0.165. The highest BCUT2D eigenvalue weighted by molar-refractivity contribution is 7.88. The fourth-order valence-electron chi connectivity index (χ4n) is 2.50. The summed E-state index contributed by atoms with van der Waals surface area (Å²) in [6.07, 6.45) is 5.13. The number of thiazole rings is 1. The van der Waals surface area contributed by atoms with Crippen LogP contribution in [-0.2, 0) is 15.6 Å². The predicted octanol–water partition coefficient (Wildman–Crippen LogP) is 1.64. The van der Waals surface area contributed by atoms with Gasteiger partial charge < -0.3 is 5.32 Å². The Morgan fingerprint density at radius 1 is 1.55 bits per heavy atom. The van der Waals surface area contributed by atoms with Gasteiger partial charge in [0.2, 0.25) is 10.0 Å². The minimum Gasteiger partial charge on any atom is -0.306 e. The van der Waals surface area contributed by atoms with Crippen LogP contribution in [0, 0.1) is 5.92 Å². The number of sulfonamides is 1. The molecule has 2 heterocycles. The molecule has 1 aliphatic rings. The average Bonchev–Trinajstić information content (AvgIpc) is 2.90. The number of piperidine rings is 1. The zero-order valence-corrected chi connectivity index (χ0v) is 13.9. The molecule has 0 saturated carbocycles. The molecule has 1 unspecified atom stereocenters. The van der Waals surface area contributed by atoms with Crippen molar-refractivity contribution in [3.63, 3.8) is 0 Å². The molecule has 0 bridgehead atoms. The first-order valence-corrected chi connectivity index (χ1v) is 9.62. The predicted molar refractivity (Wildman–Crippen MR) is 82.3 cm³/mol. The molecule has 2 rings (SSSR count). The molecule has 1 aromatic rings. The number of rotatable bonds is 5. The zero-order valence-electron chi connectivity index (χ0n) is 12.3. The molecule has 1 N–H and O–H groups in total. The van der Waals surface area contributed by atoms with Crippen LogP contribution in [0.2, 0.25) is 0 Å². The maximum absolute atomic E-state index is 11.6. The maximum Gasteiger partial charge on any atom is 0.211 e. The fraction of sp³-hybridized carbons (Fsp3) is 0.769. The van der Waals surface area contributed by atoms with Crippen molar-refractivity contribution in [2.45, 2.75) is 32.2 Å². The normalized spacial score (nSPS) is 22.1. The Hall–Kier alpha value is -0.500. The molecule has 1 fully saturated rings. The van der Waals surface area contributed by atoms with Gasteiger partial charge in [-0.2, -0.15) is 0 Å². The molecule has 1 atom stereocenters.